The van der Waals surface area contributed by atoms with Gasteiger partial charge in [-0.3, -0.25) is 0 Å². The molecule has 0 unspecified atom stereocenters. The summed E-state index contributed by atoms with van der Waals surface area (Å²) in [5.74, 6) is -0.321. The Labute approximate surface area is 118 Å². The Kier molecular flexibility index (Phi) is 3.21. The first-order valence-electron chi connectivity index (χ1n) is 6.46. The van der Waals surface area contributed by atoms with Gasteiger partial charge < -0.3 is 4.74 Å². The molecule has 0 amide bonds. The van der Waals surface area contributed by atoms with Crippen LogP contribution in [-0.2, 0) is 9.53 Å². The van der Waals surface area contributed by atoms with Crippen molar-refractivity contribution in [2.75, 3.05) is 7.11 Å². The van der Waals surface area contributed by atoms with Crippen molar-refractivity contribution in [1.82, 2.24) is 0 Å². The van der Waals surface area contributed by atoms with Crippen LogP contribution in [0.25, 0.3) is 11.6 Å². The molecule has 3 rings (SSSR count). The van der Waals surface area contributed by atoms with E-state index in [2.05, 4.69) is 18.2 Å². The molecule has 0 fully saturated rings. The minimum atomic E-state index is -0.321. The monoisotopic (exact) mass is 262 g/mol. The number of fused-ring (bicyclic) bond motifs is 3. The van der Waals surface area contributed by atoms with Crippen LogP contribution in [0.2, 0.25) is 0 Å². The summed E-state index contributed by atoms with van der Waals surface area (Å²) in [5.41, 5.74) is 5.02. The first kappa shape index (κ1) is 12.4. The number of hydrogen-bond donors (Lipinski definition) is 0. The maximum Gasteiger partial charge on any atom is 0.337 e. The van der Waals surface area contributed by atoms with E-state index in [4.69, 9.17) is 4.74 Å². The van der Waals surface area contributed by atoms with E-state index in [1.807, 2.05) is 42.5 Å². The summed E-state index contributed by atoms with van der Waals surface area (Å²) >= 11 is 0. The van der Waals surface area contributed by atoms with Crippen molar-refractivity contribution in [3.8, 4) is 0 Å². The van der Waals surface area contributed by atoms with E-state index in [1.54, 1.807) is 6.08 Å². The number of esters is 1. The van der Waals surface area contributed by atoms with Crippen molar-refractivity contribution >= 4 is 17.6 Å². The van der Waals surface area contributed by atoms with E-state index >= 15 is 0 Å². The van der Waals surface area contributed by atoms with Gasteiger partial charge in [0, 0.05) is 0 Å². The number of allylic oxidation sites excluding steroid dienone is 7. The van der Waals surface area contributed by atoms with Crippen LogP contribution >= 0.6 is 0 Å². The molecule has 0 bridgehead atoms. The van der Waals surface area contributed by atoms with E-state index in [9.17, 15) is 4.79 Å². The van der Waals surface area contributed by atoms with Crippen LogP contribution in [0.3, 0.4) is 0 Å². The molecule has 0 spiro atoms. The van der Waals surface area contributed by atoms with Crippen molar-refractivity contribution in [2.45, 2.75) is 0 Å². The van der Waals surface area contributed by atoms with Crippen LogP contribution in [0, 0.1) is 0 Å². The van der Waals surface area contributed by atoms with E-state index < -0.39 is 0 Å². The van der Waals surface area contributed by atoms with Crippen molar-refractivity contribution in [1.29, 1.82) is 0 Å². The molecule has 2 aliphatic rings. The SMILES string of the molecule is COC(=O)C1=CC2=CC=Cc3ccccc3C2=CC=C1. The zero-order valence-corrected chi connectivity index (χ0v) is 11.2. The lowest BCUT2D eigenvalue weighted by Crippen LogP contribution is -2.02. The number of methoxy groups -OCH3 is 1. The molecule has 2 nitrogen and oxygen atoms in total. The number of hydrogen-bond acceptors (Lipinski definition) is 2. The highest BCUT2D eigenvalue weighted by molar-refractivity contribution is 5.97. The molecule has 98 valence electrons. The van der Waals surface area contributed by atoms with Gasteiger partial charge in [-0.2, -0.15) is 0 Å². The minimum absolute atomic E-state index is 0.321. The topological polar surface area (TPSA) is 26.3 Å². The molecule has 0 aromatic heterocycles. The van der Waals surface area contributed by atoms with Gasteiger partial charge >= 0.3 is 5.97 Å². The summed E-state index contributed by atoms with van der Waals surface area (Å²) in [4.78, 5) is 11.7. The molecule has 1 aromatic carbocycles. The molecule has 0 heterocycles. The highest BCUT2D eigenvalue weighted by Gasteiger charge is 2.15. The highest BCUT2D eigenvalue weighted by atomic mass is 16.5. The summed E-state index contributed by atoms with van der Waals surface area (Å²) in [5, 5.41) is 0. The van der Waals surface area contributed by atoms with E-state index in [1.165, 1.54) is 18.2 Å². The molecular weight excluding hydrogens is 248 g/mol. The van der Waals surface area contributed by atoms with Gasteiger partial charge in [0.25, 0.3) is 0 Å². The van der Waals surface area contributed by atoms with Gasteiger partial charge in [-0.25, -0.2) is 4.79 Å². The van der Waals surface area contributed by atoms with Crippen LogP contribution in [0.15, 0.2) is 71.9 Å². The molecule has 20 heavy (non-hydrogen) atoms. The van der Waals surface area contributed by atoms with Gasteiger partial charge in [0.1, 0.15) is 0 Å². The number of ether oxygens (including phenoxy) is 1. The van der Waals surface area contributed by atoms with Gasteiger partial charge in [-0.1, -0.05) is 54.6 Å². The fourth-order valence-corrected chi connectivity index (χ4v) is 2.41. The smallest absolute Gasteiger partial charge is 0.337 e. The number of carbonyl (C=O) groups excluding carboxylic acids is 1. The molecule has 0 aliphatic heterocycles. The summed E-state index contributed by atoms with van der Waals surface area (Å²) in [6.07, 6.45) is 13.7. The van der Waals surface area contributed by atoms with Crippen LogP contribution < -0.4 is 0 Å². The summed E-state index contributed by atoms with van der Waals surface area (Å²) in [6.45, 7) is 0. The van der Waals surface area contributed by atoms with Crippen molar-refractivity contribution in [3.05, 3.63) is 83.0 Å². The number of benzene rings is 1. The maximum atomic E-state index is 11.7. The molecule has 1 aromatic rings. The van der Waals surface area contributed by atoms with Gasteiger partial charge in [0.2, 0.25) is 0 Å². The Morgan fingerprint density at radius 3 is 2.70 bits per heavy atom. The van der Waals surface area contributed by atoms with E-state index in [0.29, 0.717) is 5.57 Å². The number of rotatable bonds is 1. The third-order valence-electron chi connectivity index (χ3n) is 3.38. The van der Waals surface area contributed by atoms with Gasteiger partial charge in [0.05, 0.1) is 12.7 Å². The van der Waals surface area contributed by atoms with Gasteiger partial charge in [0.15, 0.2) is 0 Å². The fourth-order valence-electron chi connectivity index (χ4n) is 2.41. The highest BCUT2D eigenvalue weighted by Crippen LogP contribution is 2.32. The van der Waals surface area contributed by atoms with Crippen molar-refractivity contribution in [3.63, 3.8) is 0 Å². The van der Waals surface area contributed by atoms with Crippen LogP contribution in [0.5, 0.6) is 0 Å². The van der Waals surface area contributed by atoms with Crippen molar-refractivity contribution < 1.29 is 9.53 Å². The van der Waals surface area contributed by atoms with Gasteiger partial charge in [-0.05, 0) is 34.4 Å². The van der Waals surface area contributed by atoms with Crippen molar-refractivity contribution in [2.24, 2.45) is 0 Å². The van der Waals surface area contributed by atoms with Crippen LogP contribution in [-0.4, -0.2) is 13.1 Å². The third-order valence-corrected chi connectivity index (χ3v) is 3.38. The normalized spacial score (nSPS) is 15.9. The summed E-state index contributed by atoms with van der Waals surface area (Å²) in [6, 6.07) is 8.23. The lowest BCUT2D eigenvalue weighted by molar-refractivity contribution is -0.135. The zero-order chi connectivity index (χ0) is 13.9. The average molecular weight is 262 g/mol. The molecule has 0 radical (unpaired) electrons. The van der Waals surface area contributed by atoms with Crippen LogP contribution in [0.1, 0.15) is 11.1 Å². The second-order valence-corrected chi connectivity index (χ2v) is 4.60. The maximum absolute atomic E-state index is 11.7. The lowest BCUT2D eigenvalue weighted by Gasteiger charge is -2.09. The molecular formula is C18H14O2. The predicted molar refractivity (Wildman–Crippen MR) is 80.8 cm³/mol. The molecule has 0 saturated heterocycles. The largest absolute Gasteiger partial charge is 0.465 e. The van der Waals surface area contributed by atoms with E-state index in [0.717, 1.165) is 11.1 Å². The zero-order valence-electron chi connectivity index (χ0n) is 11.2. The lowest BCUT2D eigenvalue weighted by atomic mass is 9.94. The Morgan fingerprint density at radius 2 is 1.85 bits per heavy atom. The average Bonchev–Trinajstić information content (AvgIpc) is 2.78. The van der Waals surface area contributed by atoms with E-state index in [-0.39, 0.29) is 5.97 Å². The Balaban J connectivity index is 2.14. The Bertz CT molecular complexity index is 713. The second kappa shape index (κ2) is 5.17. The fraction of sp³-hybridized carbons (Fsp3) is 0.0556. The van der Waals surface area contributed by atoms with Crippen LogP contribution in [0.4, 0.5) is 0 Å². The molecule has 0 N–H and O–H groups in total. The minimum Gasteiger partial charge on any atom is -0.465 e. The summed E-state index contributed by atoms with van der Waals surface area (Å²) < 4.78 is 4.80. The molecule has 0 saturated carbocycles. The summed E-state index contributed by atoms with van der Waals surface area (Å²) in [7, 11) is 1.40. The molecule has 0 atom stereocenters. The quantitative estimate of drug-likeness (QED) is 0.721. The first-order chi connectivity index (χ1) is 9.79. The Hall–Kier alpha value is -2.61. The Morgan fingerprint density at radius 1 is 1.05 bits per heavy atom. The van der Waals surface area contributed by atoms with Gasteiger partial charge in [-0.15, -0.1) is 0 Å². The first-order valence-corrected chi connectivity index (χ1v) is 6.46. The second-order valence-electron chi connectivity index (χ2n) is 4.60. The number of carbonyl (C=O) groups is 1. The molecule has 2 aliphatic carbocycles. The third kappa shape index (κ3) is 2.16. The standard InChI is InChI=1S/C18H14O2/c1-20-18(19)15-9-5-11-17-14(12-15)8-4-7-13-6-2-3-10-16(13)17/h2-12H,1H3. The molecule has 2 heteroatoms. The predicted octanol–water partition coefficient (Wildman–Crippen LogP) is 3.69.